The Hall–Kier alpha value is -1.58. The molecule has 0 bridgehead atoms. The molecule has 3 N–H and O–H groups in total. The fourth-order valence-corrected chi connectivity index (χ4v) is 2.25. The van der Waals surface area contributed by atoms with Crippen LogP contribution in [0.15, 0.2) is 23.1 Å². The third-order valence-electron chi connectivity index (χ3n) is 1.83. The Labute approximate surface area is 93.7 Å². The molecule has 16 heavy (non-hydrogen) atoms. The summed E-state index contributed by atoms with van der Waals surface area (Å²) in [5, 5.41) is 0. The van der Waals surface area contributed by atoms with Gasteiger partial charge in [0.25, 0.3) is 0 Å². The van der Waals surface area contributed by atoms with Crippen molar-refractivity contribution in [3.63, 3.8) is 0 Å². The molecule has 1 aromatic carbocycles. The molecule has 6 heteroatoms. The third kappa shape index (κ3) is 2.95. The van der Waals surface area contributed by atoms with Crippen LogP contribution in [0.25, 0.3) is 0 Å². The van der Waals surface area contributed by atoms with E-state index in [9.17, 15) is 12.8 Å². The predicted octanol–water partition coefficient (Wildman–Crippen LogP) is 0.710. The first kappa shape index (κ1) is 12.5. The average Bonchev–Trinajstić information content (AvgIpc) is 2.22. The van der Waals surface area contributed by atoms with Crippen molar-refractivity contribution in [1.82, 2.24) is 4.72 Å². The zero-order valence-electron chi connectivity index (χ0n) is 8.40. The van der Waals surface area contributed by atoms with Gasteiger partial charge in [0.2, 0.25) is 10.0 Å². The number of nitrogens with one attached hydrogen (secondary N) is 1. The summed E-state index contributed by atoms with van der Waals surface area (Å²) in [6, 6.07) is 3.16. The van der Waals surface area contributed by atoms with Crippen molar-refractivity contribution in [2.45, 2.75) is 11.3 Å². The van der Waals surface area contributed by atoms with Gasteiger partial charge in [0.15, 0.2) is 0 Å². The third-order valence-corrected chi connectivity index (χ3v) is 3.34. The second kappa shape index (κ2) is 4.96. The minimum atomic E-state index is -3.80. The topological polar surface area (TPSA) is 72.2 Å². The number of anilines is 1. The van der Waals surface area contributed by atoms with Crippen molar-refractivity contribution >= 4 is 15.7 Å². The highest BCUT2D eigenvalue weighted by atomic mass is 32.2. The summed E-state index contributed by atoms with van der Waals surface area (Å²) in [5.41, 5.74) is 5.45. The van der Waals surface area contributed by atoms with Gasteiger partial charge in [0.1, 0.15) is 10.7 Å². The van der Waals surface area contributed by atoms with E-state index in [2.05, 4.69) is 10.6 Å². The Morgan fingerprint density at radius 1 is 1.50 bits per heavy atom. The molecule has 0 saturated heterocycles. The SMILES string of the molecule is C#CCCNS(=O)(=O)c1cc(F)ccc1N. The molecule has 0 aliphatic heterocycles. The standard InChI is InChI=1S/C10H11FN2O2S/c1-2-3-6-13-16(14,15)10-7-8(11)4-5-9(10)12/h1,4-5,7,13H,3,6,12H2. The fourth-order valence-electron chi connectivity index (χ4n) is 1.08. The maximum atomic E-state index is 12.9. The Bertz CT molecular complexity index is 520. The van der Waals surface area contributed by atoms with Crippen LogP contribution in [0.3, 0.4) is 0 Å². The molecule has 0 amide bonds. The number of benzene rings is 1. The van der Waals surface area contributed by atoms with Crippen LogP contribution >= 0.6 is 0 Å². The Balaban J connectivity index is 2.99. The molecule has 0 saturated carbocycles. The number of nitrogens with two attached hydrogens (primary N) is 1. The lowest BCUT2D eigenvalue weighted by atomic mass is 10.3. The summed E-state index contributed by atoms with van der Waals surface area (Å²) >= 11 is 0. The van der Waals surface area contributed by atoms with E-state index < -0.39 is 15.8 Å². The van der Waals surface area contributed by atoms with Crippen molar-refractivity contribution in [1.29, 1.82) is 0 Å². The van der Waals surface area contributed by atoms with Crippen LogP contribution in [0.1, 0.15) is 6.42 Å². The Morgan fingerprint density at radius 2 is 2.19 bits per heavy atom. The van der Waals surface area contributed by atoms with E-state index in [4.69, 9.17) is 12.2 Å². The van der Waals surface area contributed by atoms with E-state index in [1.807, 2.05) is 0 Å². The lowest BCUT2D eigenvalue weighted by Gasteiger charge is -2.07. The lowest BCUT2D eigenvalue weighted by Crippen LogP contribution is -2.25. The highest BCUT2D eigenvalue weighted by molar-refractivity contribution is 7.89. The van der Waals surface area contributed by atoms with Crippen molar-refractivity contribution < 1.29 is 12.8 Å². The lowest BCUT2D eigenvalue weighted by molar-refractivity contribution is 0.579. The van der Waals surface area contributed by atoms with E-state index in [1.165, 1.54) is 6.07 Å². The van der Waals surface area contributed by atoms with Gasteiger partial charge in [-0.15, -0.1) is 12.3 Å². The number of hydrogen-bond donors (Lipinski definition) is 2. The van der Waals surface area contributed by atoms with E-state index in [0.29, 0.717) is 0 Å². The van der Waals surface area contributed by atoms with Gasteiger partial charge in [0.05, 0.1) is 5.69 Å². The monoisotopic (exact) mass is 242 g/mol. The molecule has 0 heterocycles. The quantitative estimate of drug-likeness (QED) is 0.464. The van der Waals surface area contributed by atoms with Gasteiger partial charge in [-0.2, -0.15) is 0 Å². The van der Waals surface area contributed by atoms with Crippen LogP contribution in [-0.2, 0) is 10.0 Å². The molecule has 1 aromatic rings. The van der Waals surface area contributed by atoms with Crippen molar-refractivity contribution in [2.24, 2.45) is 0 Å². The zero-order chi connectivity index (χ0) is 12.2. The minimum Gasteiger partial charge on any atom is -0.398 e. The van der Waals surface area contributed by atoms with E-state index in [0.717, 1.165) is 12.1 Å². The molecule has 4 nitrogen and oxygen atoms in total. The molecular formula is C10H11FN2O2S. The Morgan fingerprint density at radius 3 is 2.81 bits per heavy atom. The molecule has 0 atom stereocenters. The number of sulfonamides is 1. The van der Waals surface area contributed by atoms with Crippen molar-refractivity contribution in [3.05, 3.63) is 24.0 Å². The first-order valence-electron chi connectivity index (χ1n) is 4.45. The highest BCUT2D eigenvalue weighted by Gasteiger charge is 2.17. The fraction of sp³-hybridized carbons (Fsp3) is 0.200. The molecular weight excluding hydrogens is 231 g/mol. The number of halogens is 1. The van der Waals surface area contributed by atoms with Gasteiger partial charge >= 0.3 is 0 Å². The molecule has 86 valence electrons. The van der Waals surface area contributed by atoms with Crippen molar-refractivity contribution in [3.8, 4) is 12.3 Å². The molecule has 0 unspecified atom stereocenters. The maximum Gasteiger partial charge on any atom is 0.242 e. The number of hydrogen-bond acceptors (Lipinski definition) is 3. The summed E-state index contributed by atoms with van der Waals surface area (Å²) in [5.74, 6) is 1.62. The largest absolute Gasteiger partial charge is 0.398 e. The summed E-state index contributed by atoms with van der Waals surface area (Å²) in [6.07, 6.45) is 5.24. The van der Waals surface area contributed by atoms with Gasteiger partial charge < -0.3 is 5.73 Å². The summed E-state index contributed by atoms with van der Waals surface area (Å²) in [7, 11) is -3.80. The second-order valence-corrected chi connectivity index (χ2v) is 4.77. The first-order valence-corrected chi connectivity index (χ1v) is 5.94. The molecule has 0 radical (unpaired) electrons. The minimum absolute atomic E-state index is 0.00499. The summed E-state index contributed by atoms with van der Waals surface area (Å²) in [4.78, 5) is -0.274. The smallest absolute Gasteiger partial charge is 0.242 e. The van der Waals surface area contributed by atoms with Crippen LogP contribution < -0.4 is 10.5 Å². The molecule has 0 aliphatic carbocycles. The average molecular weight is 242 g/mol. The van der Waals surface area contributed by atoms with Gasteiger partial charge in [-0.3, -0.25) is 0 Å². The maximum absolute atomic E-state index is 12.9. The highest BCUT2D eigenvalue weighted by Crippen LogP contribution is 2.18. The van der Waals surface area contributed by atoms with Crippen LogP contribution in [0.2, 0.25) is 0 Å². The zero-order valence-corrected chi connectivity index (χ0v) is 9.22. The van der Waals surface area contributed by atoms with Gasteiger partial charge in [-0.1, -0.05) is 0 Å². The normalized spacial score (nSPS) is 11.0. The molecule has 0 spiro atoms. The van der Waals surface area contributed by atoms with Gasteiger partial charge in [-0.25, -0.2) is 17.5 Å². The van der Waals surface area contributed by atoms with E-state index in [-0.39, 0.29) is 23.5 Å². The summed E-state index contributed by atoms with van der Waals surface area (Å²) < 4.78 is 38.4. The van der Waals surface area contributed by atoms with Crippen LogP contribution in [-0.4, -0.2) is 15.0 Å². The first-order chi connectivity index (χ1) is 7.47. The van der Waals surface area contributed by atoms with Crippen LogP contribution in [0.5, 0.6) is 0 Å². The summed E-state index contributed by atoms with van der Waals surface area (Å²) in [6.45, 7) is 0.0921. The molecule has 0 aliphatic rings. The van der Waals surface area contributed by atoms with Crippen LogP contribution in [0, 0.1) is 18.2 Å². The van der Waals surface area contributed by atoms with E-state index in [1.54, 1.807) is 0 Å². The predicted molar refractivity (Wildman–Crippen MR) is 59.5 cm³/mol. The molecule has 0 fully saturated rings. The molecule has 0 aromatic heterocycles. The molecule has 1 rings (SSSR count). The van der Waals surface area contributed by atoms with E-state index >= 15 is 0 Å². The van der Waals surface area contributed by atoms with Gasteiger partial charge in [0, 0.05) is 13.0 Å². The number of nitrogen functional groups attached to an aromatic ring is 1. The number of rotatable bonds is 4. The Kier molecular flexibility index (Phi) is 3.88. The van der Waals surface area contributed by atoms with Crippen molar-refractivity contribution in [2.75, 3.05) is 12.3 Å². The van der Waals surface area contributed by atoms with Crippen LogP contribution in [0.4, 0.5) is 10.1 Å². The second-order valence-electron chi connectivity index (χ2n) is 3.03. The number of terminal acetylenes is 1. The van der Waals surface area contributed by atoms with Gasteiger partial charge in [-0.05, 0) is 18.2 Å².